The highest BCUT2D eigenvalue weighted by atomic mass is 16.1. The second-order valence-corrected chi connectivity index (χ2v) is 9.59. The van der Waals surface area contributed by atoms with E-state index in [4.69, 9.17) is 0 Å². The molecular weight excluding hydrogens is 374 g/mol. The first-order valence-corrected chi connectivity index (χ1v) is 10.8. The van der Waals surface area contributed by atoms with Crippen molar-refractivity contribution in [2.24, 2.45) is 0 Å². The third kappa shape index (κ3) is 5.49. The van der Waals surface area contributed by atoms with Gasteiger partial charge in [-0.15, -0.1) is 0 Å². The number of amides is 1. The van der Waals surface area contributed by atoms with E-state index in [0.717, 1.165) is 42.6 Å². The van der Waals surface area contributed by atoms with Gasteiger partial charge < -0.3 is 15.5 Å². The van der Waals surface area contributed by atoms with Gasteiger partial charge in [-0.25, -0.2) is 4.98 Å². The maximum absolute atomic E-state index is 12.6. The lowest BCUT2D eigenvalue weighted by atomic mass is 9.86. The van der Waals surface area contributed by atoms with Gasteiger partial charge in [0.1, 0.15) is 5.82 Å². The van der Waals surface area contributed by atoms with Crippen LogP contribution in [0.25, 0.3) is 0 Å². The van der Waals surface area contributed by atoms with Crippen LogP contribution in [0.5, 0.6) is 0 Å². The Kier molecular flexibility index (Phi) is 6.64. The molecule has 1 heterocycles. The van der Waals surface area contributed by atoms with Crippen LogP contribution in [0.1, 0.15) is 67.9 Å². The lowest BCUT2D eigenvalue weighted by Crippen LogP contribution is -2.40. The summed E-state index contributed by atoms with van der Waals surface area (Å²) in [5, 5.41) is 6.67. The minimum atomic E-state index is 0.0179. The lowest BCUT2D eigenvalue weighted by molar-refractivity contribution is 0.0926. The molecule has 30 heavy (non-hydrogen) atoms. The quantitative estimate of drug-likeness (QED) is 0.770. The summed E-state index contributed by atoms with van der Waals surface area (Å²) in [4.78, 5) is 23.7. The standard InChI is InChI=1S/C24H35N5O/c1-16-15-25-23(28-21(16)29(5)6)27-20-13-11-19(12-14-20)26-22(30)17-7-9-18(10-8-17)24(2,3)4/h7-10,15,19-20H,11-14H2,1-6H3,(H,26,30)(H,25,27,28). The van der Waals surface area contributed by atoms with Crippen molar-refractivity contribution < 1.29 is 4.79 Å². The van der Waals surface area contributed by atoms with Crippen LogP contribution in [0.15, 0.2) is 30.5 Å². The van der Waals surface area contributed by atoms with Crippen LogP contribution < -0.4 is 15.5 Å². The molecule has 0 saturated heterocycles. The molecule has 162 valence electrons. The van der Waals surface area contributed by atoms with Gasteiger partial charge in [0.05, 0.1) is 0 Å². The van der Waals surface area contributed by atoms with E-state index in [0.29, 0.717) is 12.0 Å². The minimum absolute atomic E-state index is 0.0179. The Hall–Kier alpha value is -2.63. The average Bonchev–Trinajstić information content (AvgIpc) is 2.70. The normalized spacial score (nSPS) is 19.3. The number of rotatable bonds is 5. The Morgan fingerprint density at radius 2 is 1.63 bits per heavy atom. The van der Waals surface area contributed by atoms with Crippen LogP contribution >= 0.6 is 0 Å². The van der Waals surface area contributed by atoms with Crippen molar-refractivity contribution in [1.29, 1.82) is 0 Å². The molecule has 1 fully saturated rings. The van der Waals surface area contributed by atoms with E-state index in [1.54, 1.807) is 0 Å². The van der Waals surface area contributed by atoms with Crippen LogP contribution in [-0.4, -0.2) is 42.1 Å². The Morgan fingerprint density at radius 1 is 1.03 bits per heavy atom. The summed E-state index contributed by atoms with van der Waals surface area (Å²) >= 11 is 0. The van der Waals surface area contributed by atoms with Gasteiger partial charge in [0.25, 0.3) is 5.91 Å². The number of aryl methyl sites for hydroxylation is 1. The number of nitrogens with zero attached hydrogens (tertiary/aromatic N) is 3. The van der Waals surface area contributed by atoms with Crippen molar-refractivity contribution in [3.63, 3.8) is 0 Å². The van der Waals surface area contributed by atoms with E-state index in [2.05, 4.69) is 53.5 Å². The fraction of sp³-hybridized carbons (Fsp3) is 0.542. The highest BCUT2D eigenvalue weighted by Gasteiger charge is 2.24. The number of hydrogen-bond acceptors (Lipinski definition) is 5. The topological polar surface area (TPSA) is 70.1 Å². The molecule has 1 aromatic heterocycles. The fourth-order valence-electron chi connectivity index (χ4n) is 3.91. The zero-order valence-electron chi connectivity index (χ0n) is 19.1. The molecule has 2 aromatic rings. The highest BCUT2D eigenvalue weighted by Crippen LogP contribution is 2.24. The third-order valence-electron chi connectivity index (χ3n) is 5.78. The summed E-state index contributed by atoms with van der Waals surface area (Å²) in [6.07, 6.45) is 5.75. The first-order chi connectivity index (χ1) is 14.1. The predicted molar refractivity (Wildman–Crippen MR) is 123 cm³/mol. The van der Waals surface area contributed by atoms with Crippen LogP contribution in [0, 0.1) is 6.92 Å². The molecule has 1 amide bonds. The molecule has 1 aliphatic rings. The molecule has 3 rings (SSSR count). The van der Waals surface area contributed by atoms with Crippen LogP contribution in [0.4, 0.5) is 11.8 Å². The molecule has 0 aliphatic heterocycles. The first-order valence-electron chi connectivity index (χ1n) is 10.8. The van der Waals surface area contributed by atoms with E-state index in [9.17, 15) is 4.79 Å². The highest BCUT2D eigenvalue weighted by molar-refractivity contribution is 5.94. The summed E-state index contributed by atoms with van der Waals surface area (Å²) in [5.41, 5.74) is 3.12. The molecule has 1 aromatic carbocycles. The molecule has 0 radical (unpaired) electrons. The molecule has 0 atom stereocenters. The number of benzene rings is 1. The van der Waals surface area contributed by atoms with E-state index in [-0.39, 0.29) is 17.4 Å². The molecule has 0 unspecified atom stereocenters. The fourth-order valence-corrected chi connectivity index (χ4v) is 3.91. The number of aromatic nitrogens is 2. The van der Waals surface area contributed by atoms with E-state index < -0.39 is 0 Å². The second-order valence-electron chi connectivity index (χ2n) is 9.59. The van der Waals surface area contributed by atoms with Crippen molar-refractivity contribution in [2.75, 3.05) is 24.3 Å². The number of nitrogens with one attached hydrogen (secondary N) is 2. The Labute approximate surface area is 180 Å². The largest absolute Gasteiger partial charge is 0.362 e. The number of carbonyl (C=O) groups excluding carboxylic acids is 1. The maximum Gasteiger partial charge on any atom is 0.251 e. The van der Waals surface area contributed by atoms with Crippen molar-refractivity contribution in [1.82, 2.24) is 15.3 Å². The van der Waals surface area contributed by atoms with Crippen molar-refractivity contribution in [3.05, 3.63) is 47.2 Å². The second kappa shape index (κ2) is 9.02. The monoisotopic (exact) mass is 409 g/mol. The van der Waals surface area contributed by atoms with E-state index >= 15 is 0 Å². The summed E-state index contributed by atoms with van der Waals surface area (Å²) in [6, 6.07) is 8.52. The molecule has 1 saturated carbocycles. The average molecular weight is 410 g/mol. The molecular formula is C24H35N5O. The molecule has 2 N–H and O–H groups in total. The summed E-state index contributed by atoms with van der Waals surface area (Å²) < 4.78 is 0. The number of carbonyl (C=O) groups is 1. The zero-order valence-corrected chi connectivity index (χ0v) is 19.1. The van der Waals surface area contributed by atoms with Gasteiger partial charge >= 0.3 is 0 Å². The van der Waals surface area contributed by atoms with E-state index in [1.807, 2.05) is 44.2 Å². The summed E-state index contributed by atoms with van der Waals surface area (Å²) in [7, 11) is 3.98. The van der Waals surface area contributed by atoms with Gasteiger partial charge in [-0.3, -0.25) is 4.79 Å². The Balaban J connectivity index is 1.51. The van der Waals surface area contributed by atoms with Gasteiger partial charge in [0.15, 0.2) is 0 Å². The van der Waals surface area contributed by atoms with Crippen LogP contribution in [0.2, 0.25) is 0 Å². The molecule has 6 nitrogen and oxygen atoms in total. The van der Waals surface area contributed by atoms with Crippen LogP contribution in [-0.2, 0) is 5.41 Å². The van der Waals surface area contributed by atoms with Crippen molar-refractivity contribution in [3.8, 4) is 0 Å². The molecule has 1 aliphatic carbocycles. The van der Waals surface area contributed by atoms with Crippen LogP contribution in [0.3, 0.4) is 0 Å². The predicted octanol–water partition coefficient (Wildman–Crippen LogP) is 4.30. The third-order valence-corrected chi connectivity index (χ3v) is 5.78. The molecule has 0 bridgehead atoms. The molecule has 0 spiro atoms. The zero-order chi connectivity index (χ0) is 21.9. The van der Waals surface area contributed by atoms with Gasteiger partial charge in [0, 0.05) is 43.5 Å². The lowest BCUT2D eigenvalue weighted by Gasteiger charge is -2.30. The number of hydrogen-bond donors (Lipinski definition) is 2. The Bertz CT molecular complexity index is 862. The first kappa shape index (κ1) is 22.1. The van der Waals surface area contributed by atoms with Gasteiger partial charge in [0.2, 0.25) is 5.95 Å². The summed E-state index contributed by atoms with van der Waals surface area (Å²) in [5.74, 6) is 1.63. The minimum Gasteiger partial charge on any atom is -0.362 e. The van der Waals surface area contributed by atoms with Crippen molar-refractivity contribution in [2.45, 2.75) is 70.9 Å². The SMILES string of the molecule is Cc1cnc(NC2CCC(NC(=O)c3ccc(C(C)(C)C)cc3)CC2)nc1N(C)C. The van der Waals surface area contributed by atoms with Gasteiger partial charge in [-0.2, -0.15) is 4.98 Å². The number of anilines is 2. The smallest absolute Gasteiger partial charge is 0.251 e. The molecule has 6 heteroatoms. The maximum atomic E-state index is 12.6. The van der Waals surface area contributed by atoms with Crippen molar-refractivity contribution >= 4 is 17.7 Å². The Morgan fingerprint density at radius 3 is 2.20 bits per heavy atom. The van der Waals surface area contributed by atoms with Gasteiger partial charge in [-0.05, 0) is 55.7 Å². The summed E-state index contributed by atoms with van der Waals surface area (Å²) in [6.45, 7) is 8.55. The van der Waals surface area contributed by atoms with E-state index in [1.165, 1.54) is 5.56 Å². The van der Waals surface area contributed by atoms with Gasteiger partial charge in [-0.1, -0.05) is 32.9 Å².